The molecule has 0 bridgehead atoms. The van der Waals surface area contributed by atoms with E-state index >= 15 is 0 Å². The Morgan fingerprint density at radius 2 is 1.92 bits per heavy atom. The summed E-state index contributed by atoms with van der Waals surface area (Å²) in [6, 6.07) is 3.68. The van der Waals surface area contributed by atoms with Crippen LogP contribution in [0.5, 0.6) is 0 Å². The Morgan fingerprint density at radius 3 is 2.62 bits per heavy atom. The van der Waals surface area contributed by atoms with Crippen molar-refractivity contribution >= 4 is 28.7 Å². The quantitative estimate of drug-likeness (QED) is 0.515. The SMILES string of the molecule is Cc1c(Sc2nnc(-c3cccs3)o2)nn2c(C(F)(F)F)nnc2c1C. The van der Waals surface area contributed by atoms with E-state index in [1.54, 1.807) is 13.8 Å². The molecule has 4 aromatic rings. The molecule has 0 unspecified atom stereocenters. The van der Waals surface area contributed by atoms with Gasteiger partial charge in [0, 0.05) is 5.56 Å². The number of rotatable bonds is 3. The molecule has 0 saturated heterocycles. The third kappa shape index (κ3) is 2.84. The van der Waals surface area contributed by atoms with E-state index in [2.05, 4.69) is 25.5 Å². The summed E-state index contributed by atoms with van der Waals surface area (Å²) in [4.78, 5) is 0.804. The second kappa shape index (κ2) is 6.06. The zero-order chi connectivity index (χ0) is 18.5. The number of thiophene rings is 1. The van der Waals surface area contributed by atoms with E-state index in [4.69, 9.17) is 4.42 Å². The highest BCUT2D eigenvalue weighted by Gasteiger charge is 2.38. The lowest BCUT2D eigenvalue weighted by Crippen LogP contribution is -2.13. The zero-order valence-corrected chi connectivity index (χ0v) is 14.9. The van der Waals surface area contributed by atoms with Crippen LogP contribution in [0.25, 0.3) is 16.4 Å². The van der Waals surface area contributed by atoms with Gasteiger partial charge in [0.25, 0.3) is 16.9 Å². The van der Waals surface area contributed by atoms with Crippen LogP contribution in [0.1, 0.15) is 17.0 Å². The second-order valence-corrected chi connectivity index (χ2v) is 7.15. The maximum Gasteiger partial charge on any atom is 0.453 e. The van der Waals surface area contributed by atoms with Crippen LogP contribution in [0.3, 0.4) is 0 Å². The first-order valence-electron chi connectivity index (χ1n) is 7.19. The minimum absolute atomic E-state index is 0.0592. The van der Waals surface area contributed by atoms with Crippen LogP contribution in [0.2, 0.25) is 0 Å². The molecule has 0 aliphatic rings. The summed E-state index contributed by atoms with van der Waals surface area (Å²) in [5, 5.41) is 21.1. The number of aryl methyl sites for hydroxylation is 1. The van der Waals surface area contributed by atoms with Gasteiger partial charge in [0.2, 0.25) is 0 Å². The van der Waals surface area contributed by atoms with Crippen molar-refractivity contribution in [1.82, 2.24) is 30.0 Å². The summed E-state index contributed by atoms with van der Waals surface area (Å²) < 4.78 is 45.5. The number of hydrogen-bond acceptors (Lipinski definition) is 8. The lowest BCUT2D eigenvalue weighted by molar-refractivity contribution is -0.146. The van der Waals surface area contributed by atoms with Crippen LogP contribution in [-0.4, -0.2) is 30.0 Å². The highest BCUT2D eigenvalue weighted by molar-refractivity contribution is 7.99. The van der Waals surface area contributed by atoms with Gasteiger partial charge in [-0.3, -0.25) is 0 Å². The monoisotopic (exact) mass is 398 g/mol. The molecule has 4 rings (SSSR count). The van der Waals surface area contributed by atoms with E-state index in [0.29, 0.717) is 26.6 Å². The van der Waals surface area contributed by atoms with Crippen molar-refractivity contribution in [3.8, 4) is 10.8 Å². The highest BCUT2D eigenvalue weighted by Crippen LogP contribution is 2.34. The fourth-order valence-corrected chi connectivity index (χ4v) is 3.65. The van der Waals surface area contributed by atoms with Crippen LogP contribution in [0.15, 0.2) is 32.2 Å². The van der Waals surface area contributed by atoms with Crippen molar-refractivity contribution in [3.05, 3.63) is 34.5 Å². The number of aromatic nitrogens is 6. The Bertz CT molecular complexity index is 1090. The lowest BCUT2D eigenvalue weighted by Gasteiger charge is -2.08. The molecule has 0 aliphatic heterocycles. The van der Waals surface area contributed by atoms with E-state index in [0.717, 1.165) is 16.6 Å². The summed E-state index contributed by atoms with van der Waals surface area (Å²) in [5.74, 6) is -0.833. The summed E-state index contributed by atoms with van der Waals surface area (Å²) in [6.45, 7) is 3.40. The summed E-state index contributed by atoms with van der Waals surface area (Å²) in [5.41, 5.74) is 1.27. The first kappa shape index (κ1) is 17.0. The van der Waals surface area contributed by atoms with Gasteiger partial charge in [0.05, 0.1) is 4.88 Å². The predicted molar refractivity (Wildman–Crippen MR) is 87.0 cm³/mol. The van der Waals surface area contributed by atoms with Gasteiger partial charge in [-0.05, 0) is 42.6 Å². The Labute approximate surface area is 152 Å². The topological polar surface area (TPSA) is 82.0 Å². The Hall–Kier alpha value is -2.47. The molecule has 134 valence electrons. The van der Waals surface area contributed by atoms with E-state index in [1.807, 2.05) is 17.5 Å². The molecule has 4 heterocycles. The van der Waals surface area contributed by atoms with E-state index in [1.165, 1.54) is 11.3 Å². The van der Waals surface area contributed by atoms with Gasteiger partial charge >= 0.3 is 6.18 Å². The summed E-state index contributed by atoms with van der Waals surface area (Å²) >= 11 is 2.44. The van der Waals surface area contributed by atoms with Gasteiger partial charge in [-0.15, -0.1) is 31.7 Å². The largest absolute Gasteiger partial charge is 0.453 e. The smallest absolute Gasteiger partial charge is 0.410 e. The maximum atomic E-state index is 13.1. The van der Waals surface area contributed by atoms with Crippen molar-refractivity contribution in [2.45, 2.75) is 30.3 Å². The van der Waals surface area contributed by atoms with Gasteiger partial charge < -0.3 is 4.42 Å². The van der Waals surface area contributed by atoms with E-state index in [-0.39, 0.29) is 10.9 Å². The molecule has 0 atom stereocenters. The van der Waals surface area contributed by atoms with Crippen molar-refractivity contribution in [3.63, 3.8) is 0 Å². The molecule has 0 amide bonds. The third-order valence-corrected chi connectivity index (χ3v) is 5.40. The van der Waals surface area contributed by atoms with Crippen LogP contribution in [0, 0.1) is 13.8 Å². The average Bonchev–Trinajstić information content (AvgIpc) is 3.30. The Balaban J connectivity index is 1.76. The average molecular weight is 398 g/mol. The Morgan fingerprint density at radius 1 is 1.12 bits per heavy atom. The molecule has 0 radical (unpaired) electrons. The van der Waals surface area contributed by atoms with Crippen molar-refractivity contribution in [2.75, 3.05) is 0 Å². The number of nitrogens with zero attached hydrogens (tertiary/aromatic N) is 6. The van der Waals surface area contributed by atoms with Crippen LogP contribution >= 0.6 is 23.1 Å². The lowest BCUT2D eigenvalue weighted by atomic mass is 10.2. The zero-order valence-electron chi connectivity index (χ0n) is 13.3. The molecule has 0 spiro atoms. The molecule has 7 nitrogen and oxygen atoms in total. The molecule has 4 aromatic heterocycles. The molecule has 0 aliphatic carbocycles. The molecular formula is C14H9F3N6OS2. The molecule has 0 fully saturated rings. The minimum Gasteiger partial charge on any atom is -0.410 e. The van der Waals surface area contributed by atoms with Crippen molar-refractivity contribution < 1.29 is 17.6 Å². The number of hydrogen-bond donors (Lipinski definition) is 0. The fourth-order valence-electron chi connectivity index (χ4n) is 2.21. The van der Waals surface area contributed by atoms with Crippen LogP contribution < -0.4 is 0 Å². The molecular weight excluding hydrogens is 389 g/mol. The number of fused-ring (bicyclic) bond motifs is 1. The standard InChI is InChI=1S/C14H9F3N6OS2/c1-6-7(2)11(22-23-9(6)18-20-12(23)14(15,16)17)26-13-21-19-10(24-13)8-4-3-5-25-8/h3-5H,1-2H3. The number of alkyl halides is 3. The fraction of sp³-hybridized carbons (Fsp3) is 0.214. The van der Waals surface area contributed by atoms with E-state index < -0.39 is 12.0 Å². The van der Waals surface area contributed by atoms with Crippen molar-refractivity contribution in [2.24, 2.45) is 0 Å². The van der Waals surface area contributed by atoms with Gasteiger partial charge in [0.1, 0.15) is 5.03 Å². The normalized spacial score (nSPS) is 12.2. The minimum atomic E-state index is -4.66. The molecule has 26 heavy (non-hydrogen) atoms. The van der Waals surface area contributed by atoms with E-state index in [9.17, 15) is 13.2 Å². The van der Waals surface area contributed by atoms with Crippen LogP contribution in [-0.2, 0) is 6.18 Å². The predicted octanol–water partition coefficient (Wildman–Crippen LogP) is 4.02. The highest BCUT2D eigenvalue weighted by atomic mass is 32.2. The van der Waals surface area contributed by atoms with Gasteiger partial charge in [-0.25, -0.2) is 0 Å². The Kier molecular flexibility index (Phi) is 3.95. The van der Waals surface area contributed by atoms with Gasteiger partial charge in [-0.2, -0.15) is 22.8 Å². The van der Waals surface area contributed by atoms with Gasteiger partial charge in [0.15, 0.2) is 5.65 Å². The molecule has 12 heteroatoms. The molecule has 0 aromatic carbocycles. The third-order valence-electron chi connectivity index (χ3n) is 3.63. The summed E-state index contributed by atoms with van der Waals surface area (Å²) in [7, 11) is 0. The van der Waals surface area contributed by atoms with Crippen LogP contribution in [0.4, 0.5) is 13.2 Å². The van der Waals surface area contributed by atoms with Crippen molar-refractivity contribution in [1.29, 1.82) is 0 Å². The summed E-state index contributed by atoms with van der Waals surface area (Å²) in [6.07, 6.45) is -4.66. The molecule has 0 saturated carbocycles. The second-order valence-electron chi connectivity index (χ2n) is 5.26. The molecule has 0 N–H and O–H groups in total. The first-order valence-corrected chi connectivity index (χ1v) is 8.89. The van der Waals surface area contributed by atoms with Gasteiger partial charge in [-0.1, -0.05) is 6.07 Å². The first-order chi connectivity index (χ1) is 12.3. The number of halogens is 3. The maximum absolute atomic E-state index is 13.1.